The van der Waals surface area contributed by atoms with Gasteiger partial charge in [0.1, 0.15) is 28.6 Å². The summed E-state index contributed by atoms with van der Waals surface area (Å²) < 4.78 is 17.8. The molecule has 2 aromatic heterocycles. The summed E-state index contributed by atoms with van der Waals surface area (Å²) >= 11 is 0. The molecule has 3 heteroatoms. The van der Waals surface area contributed by atoms with E-state index in [0.717, 1.165) is 52.4 Å². The average molecular weight is 358 g/mol. The molecule has 0 N–H and O–H groups in total. The minimum Gasteiger partial charge on any atom is -0.497 e. The van der Waals surface area contributed by atoms with E-state index in [-0.39, 0.29) is 5.41 Å². The largest absolute Gasteiger partial charge is 0.497 e. The number of ether oxygens (including phenoxy) is 1. The number of fused-ring (bicyclic) bond motifs is 5. The van der Waals surface area contributed by atoms with Gasteiger partial charge in [-0.15, -0.1) is 0 Å². The maximum atomic E-state index is 6.26. The number of rotatable bonds is 2. The Bertz CT molecular complexity index is 1130. The fourth-order valence-electron chi connectivity index (χ4n) is 4.39. The molecule has 1 aliphatic rings. The third-order valence-corrected chi connectivity index (χ3v) is 5.92. The molecule has 0 unspecified atom stereocenters. The van der Waals surface area contributed by atoms with Crippen LogP contribution in [0.2, 0.25) is 0 Å². The molecule has 27 heavy (non-hydrogen) atoms. The molecule has 0 spiro atoms. The van der Waals surface area contributed by atoms with Gasteiger partial charge in [-0.25, -0.2) is 0 Å². The number of hydrogen-bond acceptors (Lipinski definition) is 3. The van der Waals surface area contributed by atoms with Crippen LogP contribution in [0.15, 0.2) is 63.4 Å². The number of methoxy groups -OCH3 is 1. The zero-order chi connectivity index (χ0) is 18.6. The Labute approximate surface area is 158 Å². The first-order valence-corrected chi connectivity index (χ1v) is 9.36. The Hall–Kier alpha value is -2.94. The van der Waals surface area contributed by atoms with E-state index in [2.05, 4.69) is 37.3 Å². The predicted octanol–water partition coefficient (Wildman–Crippen LogP) is 6.26. The summed E-state index contributed by atoms with van der Waals surface area (Å²) in [5.41, 5.74) is 4.39. The molecule has 0 saturated heterocycles. The Balaban J connectivity index is 1.75. The monoisotopic (exact) mass is 358 g/mol. The van der Waals surface area contributed by atoms with Crippen LogP contribution in [0.3, 0.4) is 0 Å². The SMILES string of the molecule is COc1ccc([C@@]2(C)CCc3oc4ccccc4c3-c3oc(C)cc32)cc1. The fraction of sp³-hybridized carbons (Fsp3) is 0.250. The normalized spacial score (nSPS) is 18.8. The van der Waals surface area contributed by atoms with Crippen LogP contribution >= 0.6 is 0 Å². The van der Waals surface area contributed by atoms with E-state index in [0.29, 0.717) is 0 Å². The van der Waals surface area contributed by atoms with E-state index >= 15 is 0 Å². The second-order valence-electron chi connectivity index (χ2n) is 7.56. The van der Waals surface area contributed by atoms with E-state index in [1.165, 1.54) is 11.1 Å². The lowest BCUT2D eigenvalue weighted by Gasteiger charge is -2.29. The molecule has 136 valence electrons. The molecule has 0 amide bonds. The Morgan fingerprint density at radius 3 is 2.56 bits per heavy atom. The molecule has 0 saturated carbocycles. The number of furan rings is 2. The zero-order valence-corrected chi connectivity index (χ0v) is 15.8. The number of para-hydroxylation sites is 1. The minimum atomic E-state index is -0.151. The second kappa shape index (κ2) is 5.78. The Morgan fingerprint density at radius 1 is 1.00 bits per heavy atom. The van der Waals surface area contributed by atoms with Gasteiger partial charge in [0.05, 0.1) is 12.7 Å². The molecule has 1 atom stereocenters. The second-order valence-corrected chi connectivity index (χ2v) is 7.56. The summed E-state index contributed by atoms with van der Waals surface area (Å²) in [6.07, 6.45) is 1.83. The lowest BCUT2D eigenvalue weighted by atomic mass is 9.73. The molecular weight excluding hydrogens is 336 g/mol. The van der Waals surface area contributed by atoms with Crippen LogP contribution in [0.4, 0.5) is 0 Å². The highest BCUT2D eigenvalue weighted by atomic mass is 16.5. The van der Waals surface area contributed by atoms with Gasteiger partial charge in [-0.1, -0.05) is 37.3 Å². The van der Waals surface area contributed by atoms with Gasteiger partial charge in [-0.05, 0) is 43.2 Å². The quantitative estimate of drug-likeness (QED) is 0.424. The smallest absolute Gasteiger partial charge is 0.142 e. The van der Waals surface area contributed by atoms with Crippen molar-refractivity contribution in [3.05, 3.63) is 77.2 Å². The maximum absolute atomic E-state index is 6.26. The van der Waals surface area contributed by atoms with Crippen LogP contribution in [-0.4, -0.2) is 7.11 Å². The molecule has 0 fully saturated rings. The van der Waals surface area contributed by atoms with Crippen molar-refractivity contribution in [2.45, 2.75) is 32.1 Å². The minimum absolute atomic E-state index is 0.151. The summed E-state index contributed by atoms with van der Waals surface area (Å²) in [4.78, 5) is 0. The first-order chi connectivity index (χ1) is 13.1. The number of aryl methyl sites for hydroxylation is 2. The molecule has 2 aromatic carbocycles. The van der Waals surface area contributed by atoms with Gasteiger partial charge in [0.15, 0.2) is 0 Å². The molecule has 2 heterocycles. The van der Waals surface area contributed by atoms with Crippen molar-refractivity contribution in [1.29, 1.82) is 0 Å². The fourth-order valence-corrected chi connectivity index (χ4v) is 4.39. The van der Waals surface area contributed by atoms with Crippen molar-refractivity contribution in [1.82, 2.24) is 0 Å². The topological polar surface area (TPSA) is 35.5 Å². The molecule has 4 aromatic rings. The van der Waals surface area contributed by atoms with Gasteiger partial charge in [0.2, 0.25) is 0 Å². The van der Waals surface area contributed by atoms with E-state index < -0.39 is 0 Å². The van der Waals surface area contributed by atoms with Crippen molar-refractivity contribution in [2.75, 3.05) is 7.11 Å². The van der Waals surface area contributed by atoms with Gasteiger partial charge >= 0.3 is 0 Å². The summed E-state index contributed by atoms with van der Waals surface area (Å²) in [7, 11) is 1.70. The average Bonchev–Trinajstić information content (AvgIpc) is 3.23. The van der Waals surface area contributed by atoms with Crippen molar-refractivity contribution in [3.8, 4) is 17.1 Å². The lowest BCUT2D eigenvalue weighted by molar-refractivity contribution is 0.413. The first-order valence-electron chi connectivity index (χ1n) is 9.36. The van der Waals surface area contributed by atoms with Crippen LogP contribution in [0, 0.1) is 6.92 Å². The molecular formula is C24H22O3. The van der Waals surface area contributed by atoms with Crippen LogP contribution in [0.1, 0.15) is 36.0 Å². The van der Waals surface area contributed by atoms with Crippen LogP contribution in [0.5, 0.6) is 5.75 Å². The highest BCUT2D eigenvalue weighted by Crippen LogP contribution is 2.49. The highest BCUT2D eigenvalue weighted by Gasteiger charge is 2.38. The summed E-state index contributed by atoms with van der Waals surface area (Å²) in [6.45, 7) is 4.32. The van der Waals surface area contributed by atoms with Crippen molar-refractivity contribution < 1.29 is 13.6 Å². The van der Waals surface area contributed by atoms with E-state index in [1.807, 2.05) is 31.2 Å². The molecule has 0 aliphatic heterocycles. The summed E-state index contributed by atoms with van der Waals surface area (Å²) in [6, 6.07) is 18.8. The molecule has 0 radical (unpaired) electrons. The van der Waals surface area contributed by atoms with E-state index in [1.54, 1.807) is 7.11 Å². The Morgan fingerprint density at radius 2 is 1.78 bits per heavy atom. The zero-order valence-electron chi connectivity index (χ0n) is 15.8. The molecule has 1 aliphatic carbocycles. The van der Waals surface area contributed by atoms with E-state index in [9.17, 15) is 0 Å². The maximum Gasteiger partial charge on any atom is 0.142 e. The van der Waals surface area contributed by atoms with Crippen LogP contribution in [-0.2, 0) is 11.8 Å². The predicted molar refractivity (Wildman–Crippen MR) is 106 cm³/mol. The number of benzene rings is 2. The van der Waals surface area contributed by atoms with Gasteiger partial charge in [-0.3, -0.25) is 0 Å². The Kier molecular flexibility index (Phi) is 3.48. The van der Waals surface area contributed by atoms with Crippen molar-refractivity contribution in [2.24, 2.45) is 0 Å². The van der Waals surface area contributed by atoms with Gasteiger partial charge < -0.3 is 13.6 Å². The third kappa shape index (κ3) is 2.34. The first kappa shape index (κ1) is 16.2. The van der Waals surface area contributed by atoms with Crippen LogP contribution in [0.25, 0.3) is 22.3 Å². The van der Waals surface area contributed by atoms with Crippen molar-refractivity contribution in [3.63, 3.8) is 0 Å². The van der Waals surface area contributed by atoms with Gasteiger partial charge in [0.25, 0.3) is 0 Å². The van der Waals surface area contributed by atoms with Crippen molar-refractivity contribution >= 4 is 11.0 Å². The molecule has 5 rings (SSSR count). The summed E-state index contributed by atoms with van der Waals surface area (Å²) in [5.74, 6) is 3.77. The standard InChI is InChI=1S/C24H22O3/c1-15-14-19-23(26-15)22-18-6-4-5-7-20(18)27-21(22)12-13-24(19,2)16-8-10-17(25-3)11-9-16/h4-11,14H,12-13H2,1-3H3/t24-/m1/s1. The number of hydrogen-bond donors (Lipinski definition) is 0. The summed E-state index contributed by atoms with van der Waals surface area (Å²) in [5, 5.41) is 1.13. The molecule has 0 bridgehead atoms. The lowest BCUT2D eigenvalue weighted by Crippen LogP contribution is -2.23. The van der Waals surface area contributed by atoms with E-state index in [4.69, 9.17) is 13.6 Å². The molecule has 3 nitrogen and oxygen atoms in total. The van der Waals surface area contributed by atoms with Gasteiger partial charge in [0, 0.05) is 22.8 Å². The third-order valence-electron chi connectivity index (χ3n) is 5.92. The van der Waals surface area contributed by atoms with Crippen LogP contribution < -0.4 is 4.74 Å². The van der Waals surface area contributed by atoms with Gasteiger partial charge in [-0.2, -0.15) is 0 Å². The highest BCUT2D eigenvalue weighted by molar-refractivity contribution is 5.95.